The van der Waals surface area contributed by atoms with Gasteiger partial charge in [0.05, 0.1) is 11.8 Å². The van der Waals surface area contributed by atoms with Gasteiger partial charge < -0.3 is 10.4 Å². The number of hydrogen-bond donors (Lipinski definition) is 2. The average molecular weight is 746 g/mol. The number of benzene rings is 1. The van der Waals surface area contributed by atoms with Gasteiger partial charge in [-0.1, -0.05) is 65.0 Å². The third kappa shape index (κ3) is 5.40. The zero-order valence-corrected chi connectivity index (χ0v) is 34.7. The Hall–Kier alpha value is -2.00. The molecule has 1 aromatic rings. The number of piperazine rings is 1. The van der Waals surface area contributed by atoms with Gasteiger partial charge in [-0.15, -0.1) is 0 Å². The molecule has 2 bridgehead atoms. The molecule has 2 aliphatic heterocycles. The van der Waals surface area contributed by atoms with Gasteiger partial charge in [-0.25, -0.2) is 13.2 Å². The maximum Gasteiger partial charge on any atom is 0.335 e. The molecule has 53 heavy (non-hydrogen) atoms. The normalized spacial score (nSPS) is 44.8. The summed E-state index contributed by atoms with van der Waals surface area (Å²) >= 11 is 0. The first kappa shape index (κ1) is 37.9. The predicted molar refractivity (Wildman–Crippen MR) is 214 cm³/mol. The molecule has 0 spiro atoms. The van der Waals surface area contributed by atoms with Crippen LogP contribution in [0.3, 0.4) is 0 Å². The van der Waals surface area contributed by atoms with Gasteiger partial charge in [0.2, 0.25) is 10.0 Å². The van der Waals surface area contributed by atoms with Crippen LogP contribution in [0.1, 0.15) is 129 Å². The van der Waals surface area contributed by atoms with E-state index in [0.29, 0.717) is 47.7 Å². The van der Waals surface area contributed by atoms with Crippen molar-refractivity contribution in [1.29, 1.82) is 0 Å². The number of hydrogen-bond acceptors (Lipinski definition) is 5. The molecule has 8 heteroatoms. The molecular weight excluding hydrogens is 679 g/mol. The van der Waals surface area contributed by atoms with E-state index in [1.54, 1.807) is 16.4 Å². The molecule has 8 rings (SSSR count). The van der Waals surface area contributed by atoms with Crippen LogP contribution >= 0.6 is 0 Å². The Morgan fingerprint density at radius 3 is 2.28 bits per heavy atom. The molecule has 1 aromatic carbocycles. The molecule has 5 aliphatic carbocycles. The van der Waals surface area contributed by atoms with Crippen molar-refractivity contribution in [1.82, 2.24) is 14.5 Å². The average Bonchev–Trinajstić information content (AvgIpc) is 3.73. The highest BCUT2D eigenvalue weighted by Gasteiger charge is 2.70. The first-order chi connectivity index (χ1) is 24.7. The second kappa shape index (κ2) is 12.2. The van der Waals surface area contributed by atoms with Crippen molar-refractivity contribution in [2.45, 2.75) is 130 Å². The quantitative estimate of drug-likeness (QED) is 0.260. The first-order valence-corrected chi connectivity index (χ1v) is 22.7. The number of nitrogens with zero attached hydrogens (tertiary/aromatic N) is 2. The van der Waals surface area contributed by atoms with E-state index in [1.807, 2.05) is 12.1 Å². The van der Waals surface area contributed by atoms with Crippen molar-refractivity contribution in [2.24, 2.45) is 51.2 Å². The lowest BCUT2D eigenvalue weighted by atomic mass is 9.33. The molecule has 7 nitrogen and oxygen atoms in total. The number of aromatic carboxylic acids is 1. The standard InChI is InChI=1S/C45H67N3O4S/c1-29(2)33-16-21-45(46-24-25-47-28-41(5)26-32(47)27-48(41)53(9,51)52)23-22-43(7)35(38(33)45)14-15-37-42(6)19-17-34(30-10-12-31(13-11-30)39(49)50)40(3,4)36(42)18-20-44(37,43)8/h10-13,17,32-33,35-38,46H,1,14-16,18-28H2,2-9H3,(H,49,50)/t32-,33-,35+,36?,37?,38?,41-,42-,43+,44+,45-/m0/s1. The van der Waals surface area contributed by atoms with E-state index in [4.69, 9.17) is 0 Å². The van der Waals surface area contributed by atoms with Crippen molar-refractivity contribution >= 4 is 21.6 Å². The second-order valence-electron chi connectivity index (χ2n) is 20.8. The molecule has 11 atom stereocenters. The van der Waals surface area contributed by atoms with E-state index < -0.39 is 16.0 Å². The fraction of sp³-hybridized carbons (Fsp3) is 0.756. The van der Waals surface area contributed by atoms with Crippen LogP contribution in [-0.2, 0) is 10.0 Å². The summed E-state index contributed by atoms with van der Waals surface area (Å²) in [6, 6.07) is 7.93. The van der Waals surface area contributed by atoms with Crippen LogP contribution in [0.5, 0.6) is 0 Å². The lowest BCUT2D eigenvalue weighted by molar-refractivity contribution is -0.219. The van der Waals surface area contributed by atoms with E-state index in [1.165, 1.54) is 74.3 Å². The van der Waals surface area contributed by atoms with Crippen LogP contribution in [0.15, 0.2) is 42.5 Å². The summed E-state index contributed by atoms with van der Waals surface area (Å²) in [4.78, 5) is 14.2. The number of rotatable bonds is 8. The Morgan fingerprint density at radius 1 is 0.943 bits per heavy atom. The highest BCUT2D eigenvalue weighted by molar-refractivity contribution is 7.88. The van der Waals surface area contributed by atoms with E-state index in [2.05, 4.69) is 71.3 Å². The van der Waals surface area contributed by atoms with Crippen LogP contribution in [-0.4, -0.2) is 78.3 Å². The molecule has 0 aromatic heterocycles. The predicted octanol–water partition coefficient (Wildman–Crippen LogP) is 8.49. The van der Waals surface area contributed by atoms with Gasteiger partial charge in [-0.05, 0) is 153 Å². The summed E-state index contributed by atoms with van der Waals surface area (Å²) < 4.78 is 26.8. The summed E-state index contributed by atoms with van der Waals surface area (Å²) in [5, 5.41) is 13.8. The number of carboxylic acids is 1. The molecule has 2 heterocycles. The Kier molecular flexibility index (Phi) is 8.76. The van der Waals surface area contributed by atoms with Crippen molar-refractivity contribution in [3.8, 4) is 0 Å². The largest absolute Gasteiger partial charge is 0.478 e. The van der Waals surface area contributed by atoms with Gasteiger partial charge in [-0.3, -0.25) is 4.90 Å². The Balaban J connectivity index is 1.03. The molecule has 292 valence electrons. The maximum absolute atomic E-state index is 12.5. The Labute approximate surface area is 320 Å². The van der Waals surface area contributed by atoms with Crippen LogP contribution in [0.4, 0.5) is 0 Å². The summed E-state index contributed by atoms with van der Waals surface area (Å²) in [5.74, 6) is 2.24. The van der Waals surface area contributed by atoms with Crippen LogP contribution < -0.4 is 5.32 Å². The van der Waals surface area contributed by atoms with Gasteiger partial charge in [0.25, 0.3) is 0 Å². The lowest BCUT2D eigenvalue weighted by Crippen LogP contribution is -2.68. The fourth-order valence-corrected chi connectivity index (χ4v) is 17.0. The molecule has 3 unspecified atom stereocenters. The van der Waals surface area contributed by atoms with E-state index >= 15 is 0 Å². The number of carboxylic acid groups (broad SMARTS) is 1. The number of allylic oxidation sites excluding steroid dienone is 3. The third-order valence-electron chi connectivity index (χ3n) is 18.1. The van der Waals surface area contributed by atoms with E-state index in [9.17, 15) is 18.3 Å². The summed E-state index contributed by atoms with van der Waals surface area (Å²) in [7, 11) is -3.18. The summed E-state index contributed by atoms with van der Waals surface area (Å²) in [5.41, 5.74) is 4.96. The lowest BCUT2D eigenvalue weighted by Gasteiger charge is -2.72. The van der Waals surface area contributed by atoms with Crippen molar-refractivity contribution in [3.63, 3.8) is 0 Å². The topological polar surface area (TPSA) is 90.0 Å². The number of nitrogens with one attached hydrogen (secondary N) is 1. The van der Waals surface area contributed by atoms with E-state index in [0.717, 1.165) is 32.5 Å². The highest BCUT2D eigenvalue weighted by atomic mass is 32.2. The summed E-state index contributed by atoms with van der Waals surface area (Å²) in [6.45, 7) is 25.5. The molecule has 2 N–H and O–H groups in total. The molecular formula is C45H67N3O4S. The monoisotopic (exact) mass is 745 g/mol. The molecule has 6 fully saturated rings. The number of likely N-dealkylation sites (tertiary alicyclic amines) is 1. The van der Waals surface area contributed by atoms with Crippen LogP contribution in [0.25, 0.3) is 5.57 Å². The molecule has 7 aliphatic rings. The van der Waals surface area contributed by atoms with Gasteiger partial charge >= 0.3 is 5.97 Å². The zero-order valence-electron chi connectivity index (χ0n) is 33.9. The number of carbonyl (C=O) groups is 1. The molecule has 0 radical (unpaired) electrons. The zero-order chi connectivity index (χ0) is 38.1. The number of fused-ring (bicyclic) bond motifs is 9. The SMILES string of the molecule is C=C(C)[C@@H]1CC[C@]2(NCCN3C[C@]4(C)C[C@H]3CN4S(C)(=O)=O)CC[C@]3(C)[C@H](CCC4[C@@]5(C)CC=C(c6ccc(C(=O)O)cc6)C(C)(C)C5CC[C@]43C)C12. The highest BCUT2D eigenvalue weighted by Crippen LogP contribution is 2.76. The Bertz CT molecular complexity index is 1820. The molecule has 0 amide bonds. The minimum Gasteiger partial charge on any atom is -0.478 e. The van der Waals surface area contributed by atoms with Gasteiger partial charge in [0, 0.05) is 43.3 Å². The van der Waals surface area contributed by atoms with Gasteiger partial charge in [-0.2, -0.15) is 4.31 Å². The van der Waals surface area contributed by atoms with E-state index in [-0.39, 0.29) is 32.7 Å². The maximum atomic E-state index is 12.5. The third-order valence-corrected chi connectivity index (χ3v) is 19.5. The van der Waals surface area contributed by atoms with Gasteiger partial charge in [0.1, 0.15) is 0 Å². The number of sulfonamides is 1. The minimum atomic E-state index is -3.18. The van der Waals surface area contributed by atoms with Crippen LogP contribution in [0.2, 0.25) is 0 Å². The molecule has 2 saturated heterocycles. The first-order valence-electron chi connectivity index (χ1n) is 20.9. The van der Waals surface area contributed by atoms with Crippen molar-refractivity contribution < 1.29 is 18.3 Å². The summed E-state index contributed by atoms with van der Waals surface area (Å²) in [6.07, 6.45) is 16.1. The fourth-order valence-electron chi connectivity index (χ4n) is 15.6. The second-order valence-corrected chi connectivity index (χ2v) is 22.7. The molecule has 4 saturated carbocycles. The smallest absolute Gasteiger partial charge is 0.335 e. The minimum absolute atomic E-state index is 0.00824. The Morgan fingerprint density at radius 2 is 1.66 bits per heavy atom. The van der Waals surface area contributed by atoms with Gasteiger partial charge in [0.15, 0.2) is 0 Å². The van der Waals surface area contributed by atoms with Crippen molar-refractivity contribution in [3.05, 3.63) is 53.6 Å². The van der Waals surface area contributed by atoms with Crippen molar-refractivity contribution in [2.75, 3.05) is 32.4 Å². The van der Waals surface area contributed by atoms with Crippen LogP contribution in [0, 0.1) is 51.2 Å².